The van der Waals surface area contributed by atoms with E-state index in [1.807, 2.05) is 25.7 Å². The quantitative estimate of drug-likeness (QED) is 0.516. The van der Waals surface area contributed by atoms with Crippen LogP contribution >= 0.6 is 11.6 Å². The molecule has 0 spiro atoms. The van der Waals surface area contributed by atoms with Crippen LogP contribution in [0.25, 0.3) is 10.9 Å². The molecule has 4 fully saturated rings. The summed E-state index contributed by atoms with van der Waals surface area (Å²) in [4.78, 5) is 30.9. The Kier molecular flexibility index (Phi) is 5.45. The summed E-state index contributed by atoms with van der Waals surface area (Å²) < 4.78 is 66.2. The molecule has 0 unspecified atom stereocenters. The molecule has 38 heavy (non-hydrogen) atoms. The number of amides is 1. The van der Waals surface area contributed by atoms with Gasteiger partial charge in [-0.1, -0.05) is 11.6 Å². The topological polar surface area (TPSA) is 83.9 Å². The van der Waals surface area contributed by atoms with Gasteiger partial charge in [0, 0.05) is 35.0 Å². The fourth-order valence-corrected chi connectivity index (χ4v) is 6.25. The number of aromatic nitrogens is 3. The third-order valence-corrected chi connectivity index (χ3v) is 8.04. The van der Waals surface area contributed by atoms with Crippen LogP contribution in [0.1, 0.15) is 57.0 Å². The lowest BCUT2D eigenvalue weighted by Crippen LogP contribution is -2.57. The highest BCUT2D eigenvalue weighted by molar-refractivity contribution is 6.30. The van der Waals surface area contributed by atoms with Crippen LogP contribution in [-0.4, -0.2) is 93.0 Å². The van der Waals surface area contributed by atoms with E-state index >= 15 is 4.39 Å². The molecule has 1 amide bonds. The number of hydrogen-bond donors (Lipinski definition) is 0. The maximum atomic E-state index is 15.2. The predicted octanol–water partition coefficient (Wildman–Crippen LogP) is 4.36. The summed E-state index contributed by atoms with van der Waals surface area (Å²) in [7, 11) is 0. The summed E-state index contributed by atoms with van der Waals surface area (Å²) >= 11 is 5.99. The van der Waals surface area contributed by atoms with E-state index in [1.54, 1.807) is 4.90 Å². The van der Waals surface area contributed by atoms with Crippen LogP contribution in [0.15, 0.2) is 6.20 Å². The predicted molar refractivity (Wildman–Crippen MR) is 138 cm³/mol. The largest absolute Gasteiger partial charge is 0.461 e. The molecule has 6 heterocycles. The first-order valence-corrected chi connectivity index (χ1v) is 13.3. The highest BCUT2D eigenvalue weighted by atomic mass is 35.5. The van der Waals surface area contributed by atoms with Crippen LogP contribution in [0.2, 0.25) is 5.15 Å². The van der Waals surface area contributed by atoms with Gasteiger partial charge in [-0.3, -0.25) is 9.80 Å². The van der Waals surface area contributed by atoms with E-state index in [4.69, 9.17) is 25.2 Å². The number of rotatable bonds is 4. The smallest absolute Gasteiger partial charge is 0.410 e. The minimum absolute atomic E-state index is 0.0882. The molecule has 2 bridgehead atoms. The molecule has 12 heteroatoms. The van der Waals surface area contributed by atoms with E-state index in [1.165, 1.54) is 11.1 Å². The number of fused-ring (bicyclic) bond motifs is 4. The number of hydrogen-bond acceptors (Lipinski definition) is 8. The van der Waals surface area contributed by atoms with Crippen molar-refractivity contribution >= 4 is 34.4 Å². The number of alkyl halides is 1. The molecule has 2 aromatic rings. The lowest BCUT2D eigenvalue weighted by Gasteiger charge is -2.42. The second kappa shape index (κ2) is 9.29. The van der Waals surface area contributed by atoms with Gasteiger partial charge in [-0.25, -0.2) is 18.6 Å². The van der Waals surface area contributed by atoms with E-state index in [0.717, 1.165) is 12.8 Å². The van der Waals surface area contributed by atoms with Crippen molar-refractivity contribution in [2.24, 2.45) is 0 Å². The molecule has 0 N–H and O–H groups in total. The molecule has 4 aliphatic rings. The van der Waals surface area contributed by atoms with Crippen molar-refractivity contribution in [3.05, 3.63) is 17.2 Å². The summed E-state index contributed by atoms with van der Waals surface area (Å²) in [5.41, 5.74) is -1.76. The number of anilines is 1. The van der Waals surface area contributed by atoms with Gasteiger partial charge in [-0.15, -0.1) is 0 Å². The maximum absolute atomic E-state index is 15.2. The second-order valence-electron chi connectivity index (χ2n) is 11.6. The normalized spacial score (nSPS) is 33.7. The van der Waals surface area contributed by atoms with Crippen LogP contribution in [0, 0.1) is 5.82 Å². The van der Waals surface area contributed by atoms with Gasteiger partial charge in [-0.2, -0.15) is 9.97 Å². The van der Waals surface area contributed by atoms with Crippen molar-refractivity contribution in [1.29, 1.82) is 0 Å². The summed E-state index contributed by atoms with van der Waals surface area (Å²) in [6, 6.07) is -0.437. The molecule has 9 nitrogen and oxygen atoms in total. The molecule has 0 aromatic carbocycles. The highest BCUT2D eigenvalue weighted by Crippen LogP contribution is 2.41. The van der Waals surface area contributed by atoms with Crippen LogP contribution < -0.4 is 9.64 Å². The first-order valence-electron chi connectivity index (χ1n) is 14.5. The first kappa shape index (κ1) is 22.3. The van der Waals surface area contributed by atoms with Crippen LogP contribution in [0.3, 0.4) is 0 Å². The minimum atomic E-state index is -2.31. The molecule has 0 saturated carbocycles. The Labute approximate surface area is 229 Å². The van der Waals surface area contributed by atoms with E-state index in [2.05, 4.69) is 15.0 Å². The standard InChI is InChI=1S/C26H33ClF2N6O3/c1-25(2,3)38-24(36)35-16-5-6-17(35)13-33(12-16)22-18-10-30-21(27)19(29)20(18)31-23(32-22)37-14-26-7-4-8-34(26)11-15(28)9-26/h10,15-17H,4-9,11-14H2,1-3H3/t15-,16-,17+,26+/m1/s1/i8D2,15D. The third kappa shape index (κ3) is 4.51. The summed E-state index contributed by atoms with van der Waals surface area (Å²) in [5, 5.41) is -0.0277. The molecular formula is C26H33ClF2N6O3. The van der Waals surface area contributed by atoms with Crippen molar-refractivity contribution in [3.8, 4) is 6.01 Å². The van der Waals surface area contributed by atoms with Crippen LogP contribution in [0.4, 0.5) is 19.4 Å². The van der Waals surface area contributed by atoms with Gasteiger partial charge in [0.15, 0.2) is 11.0 Å². The Morgan fingerprint density at radius 3 is 2.74 bits per heavy atom. The fourth-order valence-electron chi connectivity index (χ4n) is 6.11. The average Bonchev–Trinajstić information content (AvgIpc) is 3.40. The van der Waals surface area contributed by atoms with Crippen LogP contribution in [-0.2, 0) is 4.74 Å². The number of carbonyl (C=O) groups is 1. The van der Waals surface area contributed by atoms with Gasteiger partial charge < -0.3 is 14.4 Å². The van der Waals surface area contributed by atoms with Crippen molar-refractivity contribution in [2.45, 2.75) is 82.2 Å². The Bertz CT molecular complexity index is 1380. The van der Waals surface area contributed by atoms with Gasteiger partial charge in [-0.05, 0) is 53.0 Å². The van der Waals surface area contributed by atoms with Crippen molar-refractivity contribution in [1.82, 2.24) is 24.8 Å². The van der Waals surface area contributed by atoms with Gasteiger partial charge >= 0.3 is 12.1 Å². The zero-order valence-electron chi connectivity index (χ0n) is 24.6. The van der Waals surface area contributed by atoms with Crippen molar-refractivity contribution in [3.63, 3.8) is 0 Å². The Hall–Kier alpha value is -2.53. The molecule has 4 saturated heterocycles. The van der Waals surface area contributed by atoms with E-state index in [0.29, 0.717) is 30.7 Å². The second-order valence-corrected chi connectivity index (χ2v) is 11.9. The molecule has 0 radical (unpaired) electrons. The number of ether oxygens (including phenoxy) is 2. The van der Waals surface area contributed by atoms with Gasteiger partial charge in [0.05, 0.1) is 24.4 Å². The number of halogens is 3. The summed E-state index contributed by atoms with van der Waals surface area (Å²) in [5.74, 6) is -0.462. The van der Waals surface area contributed by atoms with Gasteiger partial charge in [0.25, 0.3) is 0 Å². The van der Waals surface area contributed by atoms with E-state index in [9.17, 15) is 9.18 Å². The van der Waals surface area contributed by atoms with Crippen molar-refractivity contribution in [2.75, 3.05) is 37.6 Å². The number of nitrogens with zero attached hydrogens (tertiary/aromatic N) is 6. The Balaban J connectivity index is 1.31. The maximum Gasteiger partial charge on any atom is 0.410 e. The average molecular weight is 554 g/mol. The fraction of sp³-hybridized carbons (Fsp3) is 0.692. The van der Waals surface area contributed by atoms with E-state index in [-0.39, 0.29) is 60.9 Å². The van der Waals surface area contributed by atoms with E-state index < -0.39 is 29.6 Å². The number of carbonyl (C=O) groups excluding carboxylic acids is 1. The molecule has 2 aromatic heterocycles. The monoisotopic (exact) mass is 553 g/mol. The van der Waals surface area contributed by atoms with Crippen LogP contribution in [0.5, 0.6) is 6.01 Å². The first-order chi connectivity index (χ1) is 19.1. The third-order valence-electron chi connectivity index (χ3n) is 7.77. The Morgan fingerprint density at radius 1 is 1.29 bits per heavy atom. The minimum Gasteiger partial charge on any atom is -0.461 e. The Morgan fingerprint density at radius 2 is 2.03 bits per heavy atom. The zero-order chi connectivity index (χ0) is 29.5. The molecule has 206 valence electrons. The van der Waals surface area contributed by atoms with Crippen molar-refractivity contribution < 1.29 is 27.2 Å². The molecule has 4 atom stereocenters. The zero-order valence-corrected chi connectivity index (χ0v) is 22.4. The number of piperazine rings is 1. The molecular weight excluding hydrogens is 518 g/mol. The SMILES string of the molecule is [2H]C1([2H])CC[C@@]2(COc3nc(N4C[C@H]5CC[C@@H](C4)N5C(=O)OC(C)(C)C)c4cnc(Cl)c(F)c4n3)C[C@@]([2H])(F)CN12. The summed E-state index contributed by atoms with van der Waals surface area (Å²) in [6.45, 7) is 4.02. The molecule has 0 aliphatic carbocycles. The van der Waals surface area contributed by atoms with Gasteiger partial charge in [0.2, 0.25) is 0 Å². The summed E-state index contributed by atoms with van der Waals surface area (Å²) in [6.07, 6.45) is 0.541. The van der Waals surface area contributed by atoms with Gasteiger partial charge in [0.1, 0.15) is 29.7 Å². The molecule has 6 rings (SSSR count). The molecule has 4 aliphatic heterocycles. The highest BCUT2D eigenvalue weighted by Gasteiger charge is 2.49. The number of pyridine rings is 1. The lowest BCUT2D eigenvalue weighted by atomic mass is 9.95. The lowest BCUT2D eigenvalue weighted by molar-refractivity contribution is 0.0122.